The minimum Gasteiger partial charge on any atom is -0.496 e. The lowest BCUT2D eigenvalue weighted by atomic mass is 10.0. The van der Waals surface area contributed by atoms with Crippen LogP contribution in [0.3, 0.4) is 0 Å². The van der Waals surface area contributed by atoms with E-state index in [1.165, 1.54) is 183 Å². The van der Waals surface area contributed by atoms with Crippen LogP contribution >= 0.6 is 34.0 Å². The number of carboxylic acids is 2. The fraction of sp³-hybridized carbons (Fsp3) is 0.365. The number of halogens is 3. The van der Waals surface area contributed by atoms with Crippen LogP contribution in [0.5, 0.6) is 17.2 Å². The van der Waals surface area contributed by atoms with Gasteiger partial charge in [0.05, 0.1) is 150 Å². The Morgan fingerprint density at radius 3 is 0.976 bits per heavy atom. The molecule has 42 heteroatoms. The highest BCUT2D eigenvalue weighted by Crippen LogP contribution is 2.40. The quantitative estimate of drug-likeness (QED) is 0.0370. The van der Waals surface area contributed by atoms with Gasteiger partial charge in [0.1, 0.15) is 106 Å². The number of aryl methyl sites for hydroxylation is 3. The second-order valence-corrected chi connectivity index (χ2v) is 33.7. The van der Waals surface area contributed by atoms with Crippen LogP contribution in [-0.2, 0) is 76.2 Å². The number of rotatable bonds is 32. The summed E-state index contributed by atoms with van der Waals surface area (Å²) < 4.78 is 89.6. The highest BCUT2D eigenvalue weighted by Gasteiger charge is 2.41. The van der Waals surface area contributed by atoms with Crippen LogP contribution in [0, 0.1) is 90.0 Å². The Bertz CT molecular complexity index is 6550. The summed E-state index contributed by atoms with van der Waals surface area (Å²) in [5.74, 6) is -6.01. The number of aromatic nitrogens is 15. The number of carbonyl (C=O) groups excluding carboxylic acids is 1. The number of carboxylic acid groups (broad SMARTS) is 2. The molecular weight excluding hydrogens is 1710 g/mol. The van der Waals surface area contributed by atoms with Gasteiger partial charge in [-0.25, -0.2) is 55.6 Å². The van der Waals surface area contributed by atoms with Gasteiger partial charge in [-0.05, 0) is 143 Å². The van der Waals surface area contributed by atoms with Crippen molar-refractivity contribution in [2.24, 2.45) is 17.8 Å². The molecule has 4 aromatic carbocycles. The van der Waals surface area contributed by atoms with E-state index in [0.717, 1.165) is 44.1 Å². The number of aliphatic carboxylic acids is 2. The molecule has 13 aromatic rings. The summed E-state index contributed by atoms with van der Waals surface area (Å²) in [4.78, 5) is 127. The molecule has 0 aliphatic rings. The van der Waals surface area contributed by atoms with Gasteiger partial charge in [0.25, 0.3) is 16.7 Å². The smallest absolute Gasteiger partial charge is 0.333 e. The molecule has 36 nitrogen and oxygen atoms in total. The summed E-state index contributed by atoms with van der Waals surface area (Å²) in [6.45, 7) is 16.9. The van der Waals surface area contributed by atoms with E-state index >= 15 is 0 Å². The number of ether oxygens (including phenoxy) is 7. The fourth-order valence-electron chi connectivity index (χ4n) is 13.7. The van der Waals surface area contributed by atoms with Crippen LogP contribution in [0.1, 0.15) is 120 Å². The number of hydrogen-bond donors (Lipinski definition) is 2. The Kier molecular flexibility index (Phi) is 28.9. The van der Waals surface area contributed by atoms with Crippen molar-refractivity contribution in [3.05, 3.63) is 241 Å². The lowest BCUT2D eigenvalue weighted by Gasteiger charge is -2.27. The number of benzene rings is 4. The molecule has 127 heavy (non-hydrogen) atoms. The Labute approximate surface area is 732 Å². The van der Waals surface area contributed by atoms with Crippen LogP contribution in [-0.4, -0.2) is 142 Å². The molecule has 9 aromatic heterocycles. The predicted molar refractivity (Wildman–Crippen MR) is 459 cm³/mol. The number of hydrogen-bond acceptors (Lipinski definition) is 28. The zero-order valence-electron chi connectivity index (χ0n) is 71.3. The van der Waals surface area contributed by atoms with Crippen LogP contribution in [0.4, 0.5) is 13.2 Å². The largest absolute Gasteiger partial charge is 0.496 e. The van der Waals surface area contributed by atoms with E-state index in [1.54, 1.807) is 65.8 Å². The molecule has 6 atom stereocenters. The third-order valence-electron chi connectivity index (χ3n) is 20.8. The summed E-state index contributed by atoms with van der Waals surface area (Å²) in [6, 6.07) is 26.8. The van der Waals surface area contributed by atoms with Gasteiger partial charge < -0.3 is 43.4 Å². The van der Waals surface area contributed by atoms with E-state index in [2.05, 4.69) is 48.8 Å². The van der Waals surface area contributed by atoms with E-state index in [1.807, 2.05) is 6.07 Å². The monoisotopic (exact) mass is 1800 g/mol. The van der Waals surface area contributed by atoms with Gasteiger partial charge in [-0.1, -0.05) is 64.3 Å². The van der Waals surface area contributed by atoms with E-state index in [9.17, 15) is 82.3 Å². The number of methoxy groups -OCH3 is 3. The fourth-order valence-corrected chi connectivity index (χ4v) is 17.3. The van der Waals surface area contributed by atoms with Gasteiger partial charge >= 0.3 is 35.0 Å². The van der Waals surface area contributed by atoms with Gasteiger partial charge in [-0.2, -0.15) is 46.4 Å². The summed E-state index contributed by atoms with van der Waals surface area (Å²) in [6.07, 6.45) is 5.75. The molecule has 0 aliphatic heterocycles. The molecule has 0 aliphatic carbocycles. The molecule has 0 amide bonds. The summed E-state index contributed by atoms with van der Waals surface area (Å²) >= 11 is 3.25. The van der Waals surface area contributed by atoms with Crippen LogP contribution < -0.4 is 48.0 Å². The van der Waals surface area contributed by atoms with Crippen molar-refractivity contribution in [3.8, 4) is 50.5 Å². The lowest BCUT2D eigenvalue weighted by Crippen LogP contribution is -2.53. The van der Waals surface area contributed by atoms with Gasteiger partial charge in [0.15, 0.2) is 0 Å². The summed E-state index contributed by atoms with van der Waals surface area (Å²) in [5, 5.41) is 74.6. The molecule has 0 spiro atoms. The maximum Gasteiger partial charge on any atom is 0.333 e. The average molecular weight is 1800 g/mol. The first kappa shape index (κ1) is 93.9. The first-order valence-corrected chi connectivity index (χ1v) is 41.5. The number of thiophene rings is 3. The average Bonchev–Trinajstić information content (AvgIpc) is 1.49. The first-order valence-electron chi connectivity index (χ1n) is 39.0. The summed E-state index contributed by atoms with van der Waals surface area (Å²) in [7, 11) is 4.22. The minimum atomic E-state index is -1.91. The molecular formula is C85H87F3N18O18S3. The van der Waals surface area contributed by atoms with Crippen molar-refractivity contribution in [2.75, 3.05) is 41.2 Å². The molecule has 0 radical (unpaired) electrons. The molecule has 0 saturated carbocycles. The second-order valence-electron chi connectivity index (χ2n) is 30.8. The maximum absolute atomic E-state index is 14.6. The molecule has 2 unspecified atom stereocenters. The molecule has 0 bridgehead atoms. The topological polar surface area (TPSA) is 452 Å². The second kappa shape index (κ2) is 39.2. The van der Waals surface area contributed by atoms with Gasteiger partial charge in [0, 0.05) is 33.4 Å². The molecule has 2 N–H and O–H groups in total. The van der Waals surface area contributed by atoms with Gasteiger partial charge in [-0.15, -0.1) is 14.4 Å². The van der Waals surface area contributed by atoms with Crippen molar-refractivity contribution in [2.45, 2.75) is 144 Å². The normalized spacial score (nSPS) is 13.1. The Balaban J connectivity index is 0.000000186. The van der Waals surface area contributed by atoms with E-state index in [-0.39, 0.29) is 99.3 Å². The van der Waals surface area contributed by atoms with Crippen LogP contribution in [0.2, 0.25) is 0 Å². The van der Waals surface area contributed by atoms with Crippen LogP contribution in [0.25, 0.3) is 45.7 Å². The van der Waals surface area contributed by atoms with E-state index in [0.29, 0.717) is 52.1 Å². The van der Waals surface area contributed by atoms with Gasteiger partial charge in [0.2, 0.25) is 0 Å². The number of carbonyl (C=O) groups is 3. The molecule has 664 valence electrons. The molecule has 0 fully saturated rings. The number of fused-ring (bicyclic) bond motifs is 3. The number of nitriles is 3. The molecule has 0 saturated heterocycles. The van der Waals surface area contributed by atoms with Crippen molar-refractivity contribution in [1.82, 2.24) is 72.4 Å². The van der Waals surface area contributed by atoms with Crippen molar-refractivity contribution in [1.29, 1.82) is 15.8 Å². The first-order chi connectivity index (χ1) is 60.3. The highest BCUT2D eigenvalue weighted by atomic mass is 32.1. The van der Waals surface area contributed by atoms with Crippen molar-refractivity contribution in [3.63, 3.8) is 0 Å². The number of esters is 1. The van der Waals surface area contributed by atoms with Crippen LogP contribution in [0.15, 0.2) is 151 Å². The number of nitrogens with zero attached hydrogens (tertiary/aromatic N) is 18. The predicted octanol–water partition coefficient (Wildman–Crippen LogP) is 10.7. The van der Waals surface area contributed by atoms with Crippen molar-refractivity contribution >= 4 is 82.6 Å². The zero-order chi connectivity index (χ0) is 92.6. The highest BCUT2D eigenvalue weighted by molar-refractivity contribution is 7.22. The minimum absolute atomic E-state index is 0.0401. The standard InChI is InChI=1S/C33H33FN6O6S.2C26H27FN6O6S/c1-20(16-35)18-45-26(24-15-23(34)11-12-25(24)44-5)17-38-30-27(21(2)29(47-30)40-36-13-14-37-40)28(41)39(32(38)43)33(3,4)31(42)46-19-22-9-7-6-8-10-22;2*1-14(11-28)13-39-19(17-10-16(27)6-7-18(17)38-5)12-31-23-20(15(2)22(40-23)33-29-8-9-30-33)21(34)32(25(31)37)26(3,4)24(35)36/h6-15,20,26H,17-19H2,1-5H3;2*6-10,14,19H,12-13H2,1-5H3,(H,35,36)/t20?,26-;14?,19-;14-,19-/m000/s1. The zero-order valence-corrected chi connectivity index (χ0v) is 73.7. The summed E-state index contributed by atoms with van der Waals surface area (Å²) in [5.41, 5.74) is -7.51. The van der Waals surface area contributed by atoms with E-state index in [4.69, 9.17) is 33.2 Å². The third-order valence-corrected chi connectivity index (χ3v) is 24.6. The van der Waals surface area contributed by atoms with Gasteiger partial charge in [-0.3, -0.25) is 28.1 Å². The van der Waals surface area contributed by atoms with E-state index < -0.39 is 122 Å². The Morgan fingerprint density at radius 2 is 0.717 bits per heavy atom. The van der Waals surface area contributed by atoms with Crippen molar-refractivity contribution < 1.29 is 70.9 Å². The molecule has 13 rings (SSSR count). The third kappa shape index (κ3) is 19.2. The lowest BCUT2D eigenvalue weighted by molar-refractivity contribution is -0.154. The maximum atomic E-state index is 14.6. The Hall–Kier alpha value is -13.8. The molecule has 9 heterocycles. The Morgan fingerprint density at radius 1 is 0.441 bits per heavy atom. The SMILES string of the molecule is COc1ccc(F)cc1[C@H](Cn1c(=O)n(C(C)(C)C(=O)O)c(=O)c2c(C)c(-n3nccn3)sc21)OCC(C)C#N.COc1ccc(F)cc1[C@H](Cn1c(=O)n(C(C)(C)C(=O)O)c(=O)c2c(C)c(-n3nccn3)sc21)OC[C@@H](C)C#N.COc1ccc(F)cc1[C@H](Cn1c(=O)n(C(C)(C)C(=O)OCc2ccccc2)c(=O)c2c(C)c(-n3nccn3)sc21)OCC(C)C#N.